The summed E-state index contributed by atoms with van der Waals surface area (Å²) in [5.74, 6) is 0. The van der Waals surface area contributed by atoms with Crippen LogP contribution in [0.1, 0.15) is 24.9 Å². The van der Waals surface area contributed by atoms with E-state index in [0.29, 0.717) is 21.0 Å². The quantitative estimate of drug-likeness (QED) is 0.510. The lowest BCUT2D eigenvalue weighted by atomic mass is 10.1. The van der Waals surface area contributed by atoms with Crippen molar-refractivity contribution < 1.29 is 0 Å². The van der Waals surface area contributed by atoms with Crippen LogP contribution in [0.3, 0.4) is 0 Å². The van der Waals surface area contributed by atoms with Crippen LogP contribution in [0.25, 0.3) is 0 Å². The van der Waals surface area contributed by atoms with E-state index < -0.39 is 0 Å². The first-order valence-corrected chi connectivity index (χ1v) is 6.10. The molecule has 1 heterocycles. The van der Waals surface area contributed by atoms with Crippen LogP contribution >= 0.6 is 35.0 Å². The average molecular weight is 252 g/mol. The molecule has 1 rings (SSSR count). The Kier molecular flexibility index (Phi) is 4.44. The highest BCUT2D eigenvalue weighted by Gasteiger charge is 2.16. The van der Waals surface area contributed by atoms with Gasteiger partial charge in [-0.15, -0.1) is 0 Å². The number of hydrogen-bond donors (Lipinski definition) is 1. The van der Waals surface area contributed by atoms with Gasteiger partial charge in [-0.25, -0.2) is 9.97 Å². The maximum absolute atomic E-state index is 5.96. The fourth-order valence-corrected chi connectivity index (χ4v) is 2.13. The van der Waals surface area contributed by atoms with E-state index in [1.54, 1.807) is 0 Å². The minimum absolute atomic E-state index is 0.203. The third-order valence-electron chi connectivity index (χ3n) is 1.83. The van der Waals surface area contributed by atoms with E-state index in [1.807, 2.05) is 13.2 Å². The van der Waals surface area contributed by atoms with Gasteiger partial charge >= 0.3 is 0 Å². The lowest BCUT2D eigenvalue weighted by Crippen LogP contribution is -2.12. The van der Waals surface area contributed by atoms with Crippen LogP contribution in [-0.4, -0.2) is 16.2 Å². The van der Waals surface area contributed by atoms with Gasteiger partial charge < -0.3 is 5.73 Å². The molecular weight excluding hydrogens is 241 g/mol. The number of aromatic nitrogens is 2. The third kappa shape index (κ3) is 2.51. The Bertz CT molecular complexity index is 309. The molecule has 1 aromatic heterocycles. The van der Waals surface area contributed by atoms with Gasteiger partial charge in [0.1, 0.15) is 10.3 Å². The molecule has 6 heteroatoms. The van der Waals surface area contributed by atoms with Crippen molar-refractivity contribution >= 4 is 35.0 Å². The summed E-state index contributed by atoms with van der Waals surface area (Å²) < 4.78 is 0. The summed E-state index contributed by atoms with van der Waals surface area (Å²) in [6.07, 6.45) is 2.61. The van der Waals surface area contributed by atoms with Gasteiger partial charge in [-0.05, 0) is 12.7 Å². The van der Waals surface area contributed by atoms with Crippen molar-refractivity contribution in [3.63, 3.8) is 0 Å². The van der Waals surface area contributed by atoms with Crippen LogP contribution in [0.2, 0.25) is 10.3 Å². The zero-order valence-corrected chi connectivity index (χ0v) is 10.2. The molecule has 78 valence electrons. The lowest BCUT2D eigenvalue weighted by molar-refractivity contribution is 0.685. The minimum Gasteiger partial charge on any atom is -0.324 e. The summed E-state index contributed by atoms with van der Waals surface area (Å²) in [6, 6.07) is -0.203. The average Bonchev–Trinajstić information content (AvgIpc) is 2.16. The van der Waals surface area contributed by atoms with Crippen LogP contribution in [-0.2, 0) is 0 Å². The van der Waals surface area contributed by atoms with Gasteiger partial charge in [0.25, 0.3) is 0 Å². The first kappa shape index (κ1) is 12.0. The van der Waals surface area contributed by atoms with Crippen molar-refractivity contribution in [3.05, 3.63) is 15.9 Å². The van der Waals surface area contributed by atoms with Crippen molar-refractivity contribution in [2.24, 2.45) is 5.73 Å². The molecule has 0 aliphatic carbocycles. The van der Waals surface area contributed by atoms with Gasteiger partial charge in [0.15, 0.2) is 5.16 Å². The number of thioether (sulfide) groups is 1. The summed E-state index contributed by atoms with van der Waals surface area (Å²) >= 11 is 13.3. The highest BCUT2D eigenvalue weighted by atomic mass is 35.5. The summed E-state index contributed by atoms with van der Waals surface area (Å²) in [6.45, 7) is 1.96. The molecule has 0 aromatic carbocycles. The van der Waals surface area contributed by atoms with E-state index in [4.69, 9.17) is 28.9 Å². The molecule has 0 bridgehead atoms. The van der Waals surface area contributed by atoms with Crippen LogP contribution < -0.4 is 5.73 Å². The molecule has 0 amide bonds. The topological polar surface area (TPSA) is 51.8 Å². The summed E-state index contributed by atoms with van der Waals surface area (Å²) in [5, 5.41) is 1.26. The van der Waals surface area contributed by atoms with Crippen LogP contribution in [0.4, 0.5) is 0 Å². The summed E-state index contributed by atoms with van der Waals surface area (Å²) in [4.78, 5) is 8.15. The Morgan fingerprint density at radius 1 is 1.36 bits per heavy atom. The zero-order valence-electron chi connectivity index (χ0n) is 7.92. The molecule has 0 spiro atoms. The van der Waals surface area contributed by atoms with Gasteiger partial charge in [-0.1, -0.05) is 41.9 Å². The molecule has 1 unspecified atom stereocenters. The molecule has 0 aliphatic heterocycles. The first-order chi connectivity index (χ1) is 6.60. The van der Waals surface area contributed by atoms with Gasteiger partial charge in [-0.3, -0.25) is 0 Å². The second kappa shape index (κ2) is 5.16. The van der Waals surface area contributed by atoms with Gasteiger partial charge in [0.05, 0.1) is 0 Å². The zero-order chi connectivity index (χ0) is 10.7. The molecule has 0 saturated carbocycles. The molecule has 2 N–H and O–H groups in total. The predicted molar refractivity (Wildman–Crippen MR) is 61.1 cm³/mol. The fraction of sp³-hybridized carbons (Fsp3) is 0.500. The number of halogens is 2. The van der Waals surface area contributed by atoms with Crippen molar-refractivity contribution in [1.82, 2.24) is 9.97 Å². The van der Waals surface area contributed by atoms with E-state index in [1.165, 1.54) is 11.8 Å². The Labute approximate surface area is 97.4 Å². The smallest absolute Gasteiger partial charge is 0.190 e. The minimum atomic E-state index is -0.203. The normalized spacial score (nSPS) is 12.9. The van der Waals surface area contributed by atoms with Gasteiger partial charge in [-0.2, -0.15) is 0 Å². The molecule has 0 radical (unpaired) electrons. The molecular formula is C8H11Cl2N3S. The molecule has 3 nitrogen and oxygen atoms in total. The lowest BCUT2D eigenvalue weighted by Gasteiger charge is -2.12. The Balaban J connectivity index is 3.18. The Morgan fingerprint density at radius 3 is 2.21 bits per heavy atom. The van der Waals surface area contributed by atoms with Crippen molar-refractivity contribution in [2.45, 2.75) is 24.5 Å². The van der Waals surface area contributed by atoms with Gasteiger partial charge in [0.2, 0.25) is 0 Å². The second-order valence-electron chi connectivity index (χ2n) is 2.72. The SMILES string of the molecule is CCC(N)c1c(Cl)nc(SC)nc1Cl. The highest BCUT2D eigenvalue weighted by Crippen LogP contribution is 2.29. The Hall–Kier alpha value is -0.0300. The molecule has 0 saturated heterocycles. The molecule has 0 fully saturated rings. The summed E-state index contributed by atoms with van der Waals surface area (Å²) in [5.41, 5.74) is 6.46. The fourth-order valence-electron chi connectivity index (χ4n) is 1.000. The summed E-state index contributed by atoms with van der Waals surface area (Å²) in [7, 11) is 0. The van der Waals surface area contributed by atoms with Crippen molar-refractivity contribution in [3.8, 4) is 0 Å². The first-order valence-electron chi connectivity index (χ1n) is 4.12. The van der Waals surface area contributed by atoms with Crippen LogP contribution in [0, 0.1) is 0 Å². The van der Waals surface area contributed by atoms with E-state index >= 15 is 0 Å². The van der Waals surface area contributed by atoms with Crippen LogP contribution in [0.15, 0.2) is 5.16 Å². The highest BCUT2D eigenvalue weighted by molar-refractivity contribution is 7.98. The number of hydrogen-bond acceptors (Lipinski definition) is 4. The van der Waals surface area contributed by atoms with E-state index in [-0.39, 0.29) is 6.04 Å². The molecule has 14 heavy (non-hydrogen) atoms. The van der Waals surface area contributed by atoms with E-state index in [9.17, 15) is 0 Å². The molecule has 1 atom stereocenters. The van der Waals surface area contributed by atoms with E-state index in [0.717, 1.165) is 6.42 Å². The van der Waals surface area contributed by atoms with Crippen LogP contribution in [0.5, 0.6) is 0 Å². The molecule has 0 aliphatic rings. The predicted octanol–water partition coefficient (Wildman–Crippen LogP) is 2.92. The standard InChI is InChI=1S/C8H11Cl2N3S/c1-3-4(11)5-6(9)12-8(14-2)13-7(5)10/h4H,3,11H2,1-2H3. The molecule has 1 aromatic rings. The second-order valence-corrected chi connectivity index (χ2v) is 4.21. The largest absolute Gasteiger partial charge is 0.324 e. The van der Waals surface area contributed by atoms with Crippen molar-refractivity contribution in [2.75, 3.05) is 6.26 Å². The number of nitrogens with zero attached hydrogens (tertiary/aromatic N) is 2. The monoisotopic (exact) mass is 251 g/mol. The third-order valence-corrected chi connectivity index (χ3v) is 2.95. The number of nitrogens with two attached hydrogens (primary N) is 1. The maximum Gasteiger partial charge on any atom is 0.190 e. The Morgan fingerprint density at radius 2 is 1.86 bits per heavy atom. The van der Waals surface area contributed by atoms with Gasteiger partial charge in [0, 0.05) is 11.6 Å². The number of rotatable bonds is 3. The van der Waals surface area contributed by atoms with E-state index in [2.05, 4.69) is 9.97 Å². The maximum atomic E-state index is 5.96. The van der Waals surface area contributed by atoms with Crippen molar-refractivity contribution in [1.29, 1.82) is 0 Å².